The molecule has 0 saturated heterocycles. The molecule has 2 aromatic carbocycles. The minimum absolute atomic E-state index is 0.359. The Balaban J connectivity index is 1.75. The van der Waals surface area contributed by atoms with Crippen LogP contribution in [0.25, 0.3) is 11.1 Å². The number of nitrogens with zero attached hydrogens (tertiary/aromatic N) is 1. The van der Waals surface area contributed by atoms with Gasteiger partial charge in [-0.2, -0.15) is 13.2 Å². The lowest BCUT2D eigenvalue weighted by atomic mass is 10.1. The van der Waals surface area contributed by atoms with Gasteiger partial charge < -0.3 is 4.74 Å². The van der Waals surface area contributed by atoms with Crippen LogP contribution in [0.4, 0.5) is 13.2 Å². The summed E-state index contributed by atoms with van der Waals surface area (Å²) in [6.45, 7) is 0.359. The maximum atomic E-state index is 12.6. The Kier molecular flexibility index (Phi) is 4.39. The van der Waals surface area contributed by atoms with Crippen molar-refractivity contribution in [1.29, 1.82) is 0 Å². The predicted octanol–water partition coefficient (Wildman–Crippen LogP) is 4.35. The van der Waals surface area contributed by atoms with Crippen molar-refractivity contribution in [2.75, 3.05) is 0 Å². The molecule has 1 heterocycles. The number of benzene rings is 2. The summed E-state index contributed by atoms with van der Waals surface area (Å²) in [4.78, 5) is 4.01. The Morgan fingerprint density at radius 2 is 1.62 bits per heavy atom. The van der Waals surface area contributed by atoms with Crippen LogP contribution >= 0.6 is 0 Å². The van der Waals surface area contributed by atoms with Gasteiger partial charge in [0.2, 0.25) is 0 Å². The summed E-state index contributed by atoms with van der Waals surface area (Å²) in [6.07, 6.45) is -1.63. The largest absolute Gasteiger partial charge is 0.501 e. The van der Waals surface area contributed by atoms with Crippen LogP contribution in [-0.4, -0.2) is 0 Å². The monoisotopic (exact) mass is 328 g/mol. The molecule has 3 rings (SSSR count). The van der Waals surface area contributed by atoms with Crippen LogP contribution in [0.5, 0.6) is 5.88 Å². The number of rotatable bonds is 4. The van der Waals surface area contributed by atoms with Gasteiger partial charge in [-0.3, -0.25) is 0 Å². The van der Waals surface area contributed by atoms with E-state index in [1.54, 1.807) is 12.1 Å². The normalized spacial score (nSPS) is 11.0. The van der Waals surface area contributed by atoms with E-state index in [0.717, 1.165) is 17.7 Å². The first-order chi connectivity index (χ1) is 11.5. The lowest BCUT2D eigenvalue weighted by Crippen LogP contribution is -2.05. The van der Waals surface area contributed by atoms with Crippen LogP contribution in [0.15, 0.2) is 66.7 Å². The van der Waals surface area contributed by atoms with E-state index in [-0.39, 0.29) is 0 Å². The van der Waals surface area contributed by atoms with Gasteiger partial charge in [0, 0.05) is 10.5 Å². The molecule has 0 spiro atoms. The molecule has 0 aliphatic carbocycles. The Morgan fingerprint density at radius 1 is 0.917 bits per heavy atom. The van der Waals surface area contributed by atoms with Crippen LogP contribution in [0.2, 0.25) is 0 Å². The van der Waals surface area contributed by atoms with E-state index in [2.05, 4.69) is 11.2 Å². The maximum absolute atomic E-state index is 12.6. The predicted molar refractivity (Wildman–Crippen MR) is 82.1 cm³/mol. The van der Waals surface area contributed by atoms with Gasteiger partial charge in [0.1, 0.15) is 6.61 Å². The van der Waals surface area contributed by atoms with Crippen molar-refractivity contribution in [2.45, 2.75) is 12.8 Å². The quantitative estimate of drug-likeness (QED) is 0.711. The van der Waals surface area contributed by atoms with E-state index >= 15 is 0 Å². The van der Waals surface area contributed by atoms with E-state index in [9.17, 15) is 13.2 Å². The van der Waals surface area contributed by atoms with Crippen LogP contribution in [0.1, 0.15) is 11.1 Å². The van der Waals surface area contributed by atoms with Crippen LogP contribution in [-0.2, 0) is 12.8 Å². The fourth-order valence-electron chi connectivity index (χ4n) is 2.20. The molecule has 0 saturated carbocycles. The number of ether oxygens (including phenoxy) is 1. The van der Waals surface area contributed by atoms with Crippen LogP contribution in [0, 0.1) is 6.20 Å². The highest BCUT2D eigenvalue weighted by atomic mass is 19.4. The Hall–Kier alpha value is -3.00. The Bertz CT molecular complexity index is 799. The van der Waals surface area contributed by atoms with Gasteiger partial charge >= 0.3 is 18.3 Å². The number of aromatic nitrogens is 1. The Morgan fingerprint density at radius 3 is 2.29 bits per heavy atom. The molecular weight excluding hydrogens is 315 g/mol. The first kappa shape index (κ1) is 15.9. The zero-order chi connectivity index (χ0) is 17.0. The summed E-state index contributed by atoms with van der Waals surface area (Å²) < 4.78 is 43.4. The fraction of sp³-hybridized carbons (Fsp3) is 0.105. The van der Waals surface area contributed by atoms with Gasteiger partial charge in [-0.15, -0.1) is 0 Å². The first-order valence-corrected chi connectivity index (χ1v) is 7.25. The summed E-state index contributed by atoms with van der Waals surface area (Å²) >= 11 is 0. The van der Waals surface area contributed by atoms with Gasteiger partial charge in [0.05, 0.1) is 17.7 Å². The number of halogens is 3. The van der Waals surface area contributed by atoms with E-state index in [4.69, 9.17) is 4.74 Å². The molecule has 0 bridgehead atoms. The molecule has 0 aliphatic rings. The minimum Gasteiger partial charge on any atom is -0.426 e. The van der Waals surface area contributed by atoms with Gasteiger partial charge in [0.25, 0.3) is 0 Å². The number of hydrogen-bond donors (Lipinski definition) is 0. The van der Waals surface area contributed by atoms with Gasteiger partial charge in [-0.05, 0) is 23.3 Å². The molecular formula is C19H13F3NO+. The van der Waals surface area contributed by atoms with Crippen molar-refractivity contribution in [1.82, 2.24) is 0 Å². The minimum atomic E-state index is -4.34. The van der Waals surface area contributed by atoms with Crippen molar-refractivity contribution < 1.29 is 22.9 Å². The second-order valence-corrected chi connectivity index (χ2v) is 5.17. The van der Waals surface area contributed by atoms with Crippen molar-refractivity contribution in [3.8, 4) is 17.0 Å². The van der Waals surface area contributed by atoms with Gasteiger partial charge in [-0.1, -0.05) is 42.5 Å². The third kappa shape index (κ3) is 3.85. The van der Waals surface area contributed by atoms with E-state index in [0.29, 0.717) is 23.6 Å². The number of hydrogen-bond acceptors (Lipinski definition) is 1. The highest BCUT2D eigenvalue weighted by Crippen LogP contribution is 2.31. The average Bonchev–Trinajstić information content (AvgIpc) is 2.60. The van der Waals surface area contributed by atoms with Crippen molar-refractivity contribution >= 4 is 0 Å². The molecule has 0 N–H and O–H groups in total. The fourth-order valence-corrected chi connectivity index (χ4v) is 2.20. The lowest BCUT2D eigenvalue weighted by molar-refractivity contribution is -0.316. The number of alkyl halides is 3. The highest BCUT2D eigenvalue weighted by Gasteiger charge is 2.30. The summed E-state index contributed by atoms with van der Waals surface area (Å²) in [5, 5.41) is 0. The van der Waals surface area contributed by atoms with E-state index in [1.807, 2.05) is 30.3 Å². The summed E-state index contributed by atoms with van der Waals surface area (Å²) in [5.74, 6) is 0.372. The molecule has 0 atom stereocenters. The molecule has 120 valence electrons. The Labute approximate surface area is 137 Å². The van der Waals surface area contributed by atoms with Gasteiger partial charge in [0.15, 0.2) is 0 Å². The third-order valence-electron chi connectivity index (χ3n) is 3.45. The van der Waals surface area contributed by atoms with Gasteiger partial charge in [-0.25, -0.2) is 0 Å². The van der Waals surface area contributed by atoms with Crippen molar-refractivity contribution in [2.24, 2.45) is 0 Å². The zero-order valence-corrected chi connectivity index (χ0v) is 12.5. The molecule has 1 aromatic heterocycles. The summed E-state index contributed by atoms with van der Waals surface area (Å²) in [6, 6.07) is 17.9. The molecule has 0 aliphatic heterocycles. The maximum Gasteiger partial charge on any atom is 0.501 e. The van der Waals surface area contributed by atoms with Crippen LogP contribution < -0.4 is 9.72 Å². The molecule has 0 amide bonds. The van der Waals surface area contributed by atoms with Crippen molar-refractivity contribution in [3.05, 3.63) is 84.1 Å². The summed E-state index contributed by atoms with van der Waals surface area (Å²) in [5.41, 5.74) is 1.66. The zero-order valence-electron chi connectivity index (χ0n) is 12.5. The molecule has 5 heteroatoms. The first-order valence-electron chi connectivity index (χ1n) is 7.25. The third-order valence-corrected chi connectivity index (χ3v) is 3.45. The highest BCUT2D eigenvalue weighted by molar-refractivity contribution is 5.63. The van der Waals surface area contributed by atoms with E-state index in [1.165, 1.54) is 12.1 Å². The second-order valence-electron chi connectivity index (χ2n) is 5.17. The summed E-state index contributed by atoms with van der Waals surface area (Å²) in [7, 11) is 0. The van der Waals surface area contributed by atoms with E-state index < -0.39 is 11.7 Å². The smallest absolute Gasteiger partial charge is 0.426 e. The average molecular weight is 328 g/mol. The van der Waals surface area contributed by atoms with Crippen molar-refractivity contribution in [3.63, 3.8) is 0 Å². The molecule has 24 heavy (non-hydrogen) atoms. The lowest BCUT2D eigenvalue weighted by Gasteiger charge is -2.07. The molecule has 0 fully saturated rings. The SMILES string of the molecule is FC(F)(F)c1ccc(-c2cc#[n+]c(OCc3ccccc3)c2)cc1. The standard InChI is InChI=1S/C19H13F3NO/c20-19(21,22)17-8-6-15(7-9-17)16-10-11-23-18(12-16)24-13-14-4-2-1-3-5-14/h1-10,12H,13H2/q+1. The topological polar surface area (TPSA) is 23.3 Å². The van der Waals surface area contributed by atoms with Crippen LogP contribution in [0.3, 0.4) is 0 Å². The molecule has 0 unspecified atom stereocenters. The second kappa shape index (κ2) is 6.63. The molecule has 2 nitrogen and oxygen atoms in total. The molecule has 3 aromatic rings. The molecule has 0 radical (unpaired) electrons.